The minimum absolute atomic E-state index is 0.0784. The number of rotatable bonds is 9. The summed E-state index contributed by atoms with van der Waals surface area (Å²) in [5, 5.41) is 3.46. The summed E-state index contributed by atoms with van der Waals surface area (Å²) in [6.45, 7) is 2.47. The molecular formula is C29H29ClFN5O2. The summed E-state index contributed by atoms with van der Waals surface area (Å²) in [5.74, 6) is -1.33. The zero-order valence-electron chi connectivity index (χ0n) is 21.5. The molecule has 4 rings (SSSR count). The maximum Gasteiger partial charge on any atom is 0.257 e. The first-order valence-electron chi connectivity index (χ1n) is 12.1. The number of nitrogens with zero attached hydrogens (tertiary/aromatic N) is 4. The maximum atomic E-state index is 14.4. The van der Waals surface area contributed by atoms with E-state index in [-0.39, 0.29) is 18.7 Å². The number of aromatic nitrogens is 2. The summed E-state index contributed by atoms with van der Waals surface area (Å²) < 4.78 is 16.2. The molecule has 9 heteroatoms. The lowest BCUT2D eigenvalue weighted by Gasteiger charge is -2.24. The van der Waals surface area contributed by atoms with E-state index in [0.29, 0.717) is 23.2 Å². The minimum Gasteiger partial charge on any atom is -0.328 e. The van der Waals surface area contributed by atoms with Crippen LogP contribution in [0.5, 0.6) is 0 Å². The molecule has 0 saturated carbocycles. The first kappa shape index (κ1) is 27.0. The highest BCUT2D eigenvalue weighted by Gasteiger charge is 2.23. The van der Waals surface area contributed by atoms with Crippen LogP contribution in [0.15, 0.2) is 79.0 Å². The van der Waals surface area contributed by atoms with Crippen molar-refractivity contribution in [1.29, 1.82) is 0 Å². The van der Waals surface area contributed by atoms with E-state index in [0.717, 1.165) is 16.8 Å². The Balaban J connectivity index is 1.63. The van der Waals surface area contributed by atoms with Gasteiger partial charge in [0.05, 0.1) is 11.3 Å². The summed E-state index contributed by atoms with van der Waals surface area (Å²) in [6, 6.07) is 20.8. The van der Waals surface area contributed by atoms with Gasteiger partial charge in [0.15, 0.2) is 0 Å². The predicted molar refractivity (Wildman–Crippen MR) is 148 cm³/mol. The van der Waals surface area contributed by atoms with Crippen LogP contribution in [0.4, 0.5) is 10.3 Å². The average Bonchev–Trinajstić information content (AvgIpc) is 3.30. The summed E-state index contributed by atoms with van der Waals surface area (Å²) in [6.07, 6.45) is 1.84. The molecular weight excluding hydrogens is 505 g/mol. The lowest BCUT2D eigenvalue weighted by Crippen LogP contribution is -2.42. The lowest BCUT2D eigenvalue weighted by molar-refractivity contribution is -0.117. The zero-order chi connectivity index (χ0) is 27.2. The van der Waals surface area contributed by atoms with E-state index in [1.54, 1.807) is 22.8 Å². The van der Waals surface area contributed by atoms with E-state index in [4.69, 9.17) is 11.6 Å². The molecule has 0 aliphatic rings. The van der Waals surface area contributed by atoms with E-state index < -0.39 is 17.6 Å². The third-order valence-electron chi connectivity index (χ3n) is 5.92. The topological polar surface area (TPSA) is 70.5 Å². The Hall–Kier alpha value is -4.01. The molecule has 0 radical (unpaired) electrons. The van der Waals surface area contributed by atoms with Gasteiger partial charge in [-0.3, -0.25) is 19.5 Å². The van der Waals surface area contributed by atoms with Gasteiger partial charge in [0.1, 0.15) is 12.4 Å². The Morgan fingerprint density at radius 2 is 1.74 bits per heavy atom. The molecule has 0 aliphatic carbocycles. The summed E-state index contributed by atoms with van der Waals surface area (Å²) in [4.78, 5) is 34.3. The van der Waals surface area contributed by atoms with Crippen LogP contribution in [0.2, 0.25) is 5.02 Å². The van der Waals surface area contributed by atoms with Crippen molar-refractivity contribution >= 4 is 29.4 Å². The van der Waals surface area contributed by atoms with Crippen LogP contribution < -0.4 is 5.32 Å². The summed E-state index contributed by atoms with van der Waals surface area (Å²) in [7, 11) is 3.73. The smallest absolute Gasteiger partial charge is 0.257 e. The van der Waals surface area contributed by atoms with Gasteiger partial charge in [-0.1, -0.05) is 48.0 Å². The molecule has 1 heterocycles. The van der Waals surface area contributed by atoms with Crippen molar-refractivity contribution in [2.24, 2.45) is 0 Å². The van der Waals surface area contributed by atoms with E-state index in [9.17, 15) is 14.0 Å². The van der Waals surface area contributed by atoms with Crippen molar-refractivity contribution < 1.29 is 14.0 Å². The summed E-state index contributed by atoms with van der Waals surface area (Å²) in [5.41, 5.74) is 3.26. The SMILES string of the molecule is Cc1cccc(-n2cc(-c3ccc(Cl)cc3)nc2NC(=O)CN(CCN(C)C)C(=O)c2ccccc2F)c1. The second-order valence-corrected chi connectivity index (χ2v) is 9.66. The first-order chi connectivity index (χ1) is 18.2. The zero-order valence-corrected chi connectivity index (χ0v) is 22.2. The predicted octanol–water partition coefficient (Wildman–Crippen LogP) is 5.28. The molecule has 1 N–H and O–H groups in total. The van der Waals surface area contributed by atoms with Gasteiger partial charge in [-0.15, -0.1) is 0 Å². The number of imidazole rings is 1. The number of aryl methyl sites for hydroxylation is 1. The van der Waals surface area contributed by atoms with Gasteiger partial charge >= 0.3 is 0 Å². The van der Waals surface area contributed by atoms with Crippen LogP contribution in [-0.4, -0.2) is 64.9 Å². The second-order valence-electron chi connectivity index (χ2n) is 9.22. The largest absolute Gasteiger partial charge is 0.328 e. The Kier molecular flexibility index (Phi) is 8.55. The van der Waals surface area contributed by atoms with Crippen molar-refractivity contribution in [1.82, 2.24) is 19.4 Å². The van der Waals surface area contributed by atoms with Gasteiger partial charge in [-0.25, -0.2) is 9.37 Å². The van der Waals surface area contributed by atoms with Crippen LogP contribution in [0.3, 0.4) is 0 Å². The van der Waals surface area contributed by atoms with Crippen molar-refractivity contribution in [3.05, 3.63) is 101 Å². The molecule has 196 valence electrons. The molecule has 7 nitrogen and oxygen atoms in total. The van der Waals surface area contributed by atoms with Crippen LogP contribution >= 0.6 is 11.6 Å². The highest BCUT2D eigenvalue weighted by Crippen LogP contribution is 2.26. The Morgan fingerprint density at radius 1 is 1.00 bits per heavy atom. The van der Waals surface area contributed by atoms with Crippen molar-refractivity contribution in [2.45, 2.75) is 6.92 Å². The molecule has 0 spiro atoms. The Labute approximate surface area is 226 Å². The van der Waals surface area contributed by atoms with Gasteiger partial charge in [-0.2, -0.15) is 0 Å². The standard InChI is InChI=1S/C29H29ClFN5O2/c1-20-7-6-8-23(17-20)36-18-26(21-11-13-22(30)14-12-21)32-29(36)33-27(37)19-35(16-15-34(2)3)28(38)24-9-4-5-10-25(24)31/h4-14,17-18H,15-16,19H2,1-3H3,(H,32,33,37). The number of nitrogens with one attached hydrogen (secondary N) is 1. The lowest BCUT2D eigenvalue weighted by atomic mass is 10.2. The Bertz CT molecular complexity index is 1440. The normalized spacial score (nSPS) is 11.0. The van der Waals surface area contributed by atoms with Gasteiger partial charge < -0.3 is 9.80 Å². The van der Waals surface area contributed by atoms with Gasteiger partial charge in [-0.05, 0) is 63.0 Å². The fraction of sp³-hybridized carbons (Fsp3) is 0.207. The molecule has 0 unspecified atom stereocenters. The number of likely N-dealkylation sites (N-methyl/N-ethyl adjacent to an activating group) is 1. The first-order valence-corrected chi connectivity index (χ1v) is 12.5. The summed E-state index contributed by atoms with van der Waals surface area (Å²) >= 11 is 6.05. The van der Waals surface area contributed by atoms with E-state index in [1.165, 1.54) is 23.1 Å². The quantitative estimate of drug-likeness (QED) is 0.318. The van der Waals surface area contributed by atoms with Gasteiger partial charge in [0.25, 0.3) is 5.91 Å². The van der Waals surface area contributed by atoms with Crippen molar-refractivity contribution in [2.75, 3.05) is 39.0 Å². The number of carbonyl (C=O) groups excluding carboxylic acids is 2. The number of amides is 2. The van der Waals surface area contributed by atoms with Gasteiger partial charge in [0, 0.05) is 35.6 Å². The number of benzene rings is 3. The number of carbonyl (C=O) groups is 2. The third-order valence-corrected chi connectivity index (χ3v) is 6.17. The molecule has 0 fully saturated rings. The van der Waals surface area contributed by atoms with Crippen LogP contribution in [-0.2, 0) is 4.79 Å². The highest BCUT2D eigenvalue weighted by atomic mass is 35.5. The number of hydrogen-bond donors (Lipinski definition) is 1. The molecule has 0 saturated heterocycles. The Morgan fingerprint density at radius 3 is 2.42 bits per heavy atom. The van der Waals surface area contributed by atoms with E-state index >= 15 is 0 Å². The molecule has 0 aliphatic heterocycles. The molecule has 1 aromatic heterocycles. The van der Waals surface area contributed by atoms with Crippen molar-refractivity contribution in [3.63, 3.8) is 0 Å². The molecule has 38 heavy (non-hydrogen) atoms. The maximum absolute atomic E-state index is 14.4. The average molecular weight is 534 g/mol. The molecule has 3 aromatic carbocycles. The molecule has 0 atom stereocenters. The van der Waals surface area contributed by atoms with Crippen LogP contribution in [0.25, 0.3) is 16.9 Å². The second kappa shape index (κ2) is 12.0. The monoisotopic (exact) mass is 533 g/mol. The number of anilines is 1. The minimum atomic E-state index is -0.629. The van der Waals surface area contributed by atoms with Crippen LogP contribution in [0, 0.1) is 12.7 Å². The fourth-order valence-electron chi connectivity index (χ4n) is 3.92. The fourth-order valence-corrected chi connectivity index (χ4v) is 4.04. The van der Waals surface area contributed by atoms with E-state index in [1.807, 2.05) is 68.5 Å². The molecule has 2 amide bonds. The van der Waals surface area contributed by atoms with Gasteiger partial charge in [0.2, 0.25) is 11.9 Å². The highest BCUT2D eigenvalue weighted by molar-refractivity contribution is 6.30. The molecule has 4 aromatic rings. The number of hydrogen-bond acceptors (Lipinski definition) is 4. The van der Waals surface area contributed by atoms with Crippen molar-refractivity contribution in [3.8, 4) is 16.9 Å². The van der Waals surface area contributed by atoms with E-state index in [2.05, 4.69) is 10.3 Å². The molecule has 0 bridgehead atoms. The third kappa shape index (κ3) is 6.65. The number of halogens is 2. The van der Waals surface area contributed by atoms with Crippen LogP contribution in [0.1, 0.15) is 15.9 Å².